The number of anilines is 1. The Morgan fingerprint density at radius 1 is 0.875 bits per heavy atom. The van der Waals surface area contributed by atoms with Gasteiger partial charge in [-0.3, -0.25) is 0 Å². The maximum absolute atomic E-state index is 13.5. The number of halogens is 3. The minimum Gasteiger partial charge on any atom is -0.353 e. The molecule has 1 aromatic heterocycles. The summed E-state index contributed by atoms with van der Waals surface area (Å²) in [4.78, 5) is 7.56. The van der Waals surface area contributed by atoms with Crippen molar-refractivity contribution in [3.05, 3.63) is 95.8 Å². The molecule has 6 rings (SSSR count). The van der Waals surface area contributed by atoms with E-state index in [9.17, 15) is 9.65 Å². The summed E-state index contributed by atoms with van der Waals surface area (Å²) < 4.78 is 15.7. The quantitative estimate of drug-likeness (QED) is 0.259. The van der Waals surface area contributed by atoms with Gasteiger partial charge in [-0.2, -0.15) is 5.26 Å². The largest absolute Gasteiger partial charge is 0.353 e. The standard InChI is InChI=1S/C32H34FN5.2ClH/c33-26-12-10-24(11-13-26)22-38-30-9-5-4-8-29(30)36-31(38)35-27-16-20-37(21-17-27)28-14-18-32(23-34,19-15-28)25-6-2-1-3-7-25;;/h1-13,27-28H,14-22H2,(H,35,36);2*1H. The highest BCUT2D eigenvalue weighted by Gasteiger charge is 2.39. The molecule has 40 heavy (non-hydrogen) atoms. The fraction of sp³-hybridized carbons (Fsp3) is 0.375. The van der Waals surface area contributed by atoms with Crippen molar-refractivity contribution in [2.75, 3.05) is 18.4 Å². The summed E-state index contributed by atoms with van der Waals surface area (Å²) in [5.74, 6) is 0.666. The third kappa shape index (κ3) is 6.12. The van der Waals surface area contributed by atoms with Crippen molar-refractivity contribution in [2.45, 2.75) is 62.6 Å². The number of nitriles is 1. The first-order valence-electron chi connectivity index (χ1n) is 13.8. The molecule has 1 aliphatic carbocycles. The Morgan fingerprint density at radius 3 is 2.20 bits per heavy atom. The lowest BCUT2D eigenvalue weighted by Crippen LogP contribution is -2.47. The molecule has 3 aromatic carbocycles. The van der Waals surface area contributed by atoms with E-state index in [1.54, 1.807) is 0 Å². The lowest BCUT2D eigenvalue weighted by molar-refractivity contribution is 0.111. The molecular formula is C32H36Cl2FN5. The van der Waals surface area contributed by atoms with Gasteiger partial charge in [0, 0.05) is 25.2 Å². The first-order valence-corrected chi connectivity index (χ1v) is 13.8. The number of para-hydroxylation sites is 2. The highest BCUT2D eigenvalue weighted by Crippen LogP contribution is 2.41. The zero-order valence-corrected chi connectivity index (χ0v) is 24.1. The Morgan fingerprint density at radius 2 is 1.52 bits per heavy atom. The first-order chi connectivity index (χ1) is 18.6. The third-order valence-corrected chi connectivity index (χ3v) is 8.64. The predicted molar refractivity (Wildman–Crippen MR) is 164 cm³/mol. The number of nitrogens with one attached hydrogen (secondary N) is 1. The second kappa shape index (κ2) is 13.0. The molecule has 2 fully saturated rings. The molecule has 4 aromatic rings. The monoisotopic (exact) mass is 579 g/mol. The summed E-state index contributed by atoms with van der Waals surface area (Å²) in [6.45, 7) is 2.77. The van der Waals surface area contributed by atoms with Gasteiger partial charge >= 0.3 is 0 Å². The Kier molecular flexibility index (Phi) is 9.73. The van der Waals surface area contributed by atoms with Gasteiger partial charge < -0.3 is 14.8 Å². The van der Waals surface area contributed by atoms with Gasteiger partial charge in [-0.05, 0) is 73.9 Å². The first kappa shape index (κ1) is 29.9. The van der Waals surface area contributed by atoms with Gasteiger partial charge in [0.25, 0.3) is 0 Å². The fourth-order valence-electron chi connectivity index (χ4n) is 6.39. The SMILES string of the molecule is Cl.Cl.N#CC1(c2ccccc2)CCC(N2CCC(Nc3nc4ccccc4n3Cc3ccc(F)cc3)CC2)CC1. The molecule has 1 saturated heterocycles. The number of aromatic nitrogens is 2. The zero-order chi connectivity index (χ0) is 26.0. The van der Waals surface area contributed by atoms with Crippen LogP contribution in [0.2, 0.25) is 0 Å². The van der Waals surface area contributed by atoms with Gasteiger partial charge in [-0.25, -0.2) is 9.37 Å². The van der Waals surface area contributed by atoms with Gasteiger partial charge in [0.1, 0.15) is 5.82 Å². The molecule has 2 aliphatic rings. The lowest BCUT2D eigenvalue weighted by Gasteiger charge is -2.43. The van der Waals surface area contributed by atoms with Gasteiger partial charge in [0.05, 0.1) is 29.1 Å². The topological polar surface area (TPSA) is 56.9 Å². The molecule has 1 aliphatic heterocycles. The number of nitrogens with zero attached hydrogens (tertiary/aromatic N) is 4. The Balaban J connectivity index is 0.00000185. The third-order valence-electron chi connectivity index (χ3n) is 8.64. The highest BCUT2D eigenvalue weighted by molar-refractivity contribution is 5.85. The summed E-state index contributed by atoms with van der Waals surface area (Å²) >= 11 is 0. The van der Waals surface area contributed by atoms with Crippen LogP contribution in [0.15, 0.2) is 78.9 Å². The number of likely N-dealkylation sites (tertiary alicyclic amines) is 1. The van der Waals surface area contributed by atoms with Crippen LogP contribution in [0.4, 0.5) is 10.3 Å². The van der Waals surface area contributed by atoms with Crippen molar-refractivity contribution in [3.8, 4) is 6.07 Å². The molecule has 2 heterocycles. The maximum atomic E-state index is 13.5. The lowest BCUT2D eigenvalue weighted by atomic mass is 9.69. The molecule has 0 unspecified atom stereocenters. The number of rotatable bonds is 6. The van der Waals surface area contributed by atoms with E-state index in [1.165, 1.54) is 17.7 Å². The molecule has 0 radical (unpaired) electrons. The summed E-state index contributed by atoms with van der Waals surface area (Å²) in [5.41, 5.74) is 3.94. The van der Waals surface area contributed by atoms with Crippen molar-refractivity contribution in [3.63, 3.8) is 0 Å². The Hall–Kier alpha value is -3.11. The number of piperidine rings is 1. The minimum absolute atomic E-state index is 0. The van der Waals surface area contributed by atoms with E-state index in [0.29, 0.717) is 18.6 Å². The number of fused-ring (bicyclic) bond motifs is 1. The Labute approximate surface area is 248 Å². The molecule has 0 atom stereocenters. The van der Waals surface area contributed by atoms with Crippen LogP contribution in [-0.2, 0) is 12.0 Å². The van der Waals surface area contributed by atoms with E-state index >= 15 is 0 Å². The van der Waals surface area contributed by atoms with Crippen LogP contribution in [-0.4, -0.2) is 39.6 Å². The van der Waals surface area contributed by atoms with E-state index in [1.807, 2.05) is 48.5 Å². The minimum atomic E-state index is -0.332. The van der Waals surface area contributed by atoms with Gasteiger partial charge in [0.15, 0.2) is 0 Å². The zero-order valence-electron chi connectivity index (χ0n) is 22.5. The molecule has 0 spiro atoms. The predicted octanol–water partition coefficient (Wildman–Crippen LogP) is 7.35. The van der Waals surface area contributed by atoms with E-state index in [2.05, 4.69) is 39.1 Å². The second-order valence-corrected chi connectivity index (χ2v) is 10.9. The van der Waals surface area contributed by atoms with Crippen LogP contribution >= 0.6 is 24.8 Å². The van der Waals surface area contributed by atoms with Crippen molar-refractivity contribution in [2.24, 2.45) is 0 Å². The second-order valence-electron chi connectivity index (χ2n) is 10.9. The van der Waals surface area contributed by atoms with Crippen molar-refractivity contribution in [1.82, 2.24) is 14.5 Å². The number of imidazole rings is 1. The van der Waals surface area contributed by atoms with Crippen molar-refractivity contribution >= 4 is 41.8 Å². The van der Waals surface area contributed by atoms with E-state index in [4.69, 9.17) is 4.98 Å². The molecular weight excluding hydrogens is 544 g/mol. The average molecular weight is 581 g/mol. The summed E-state index contributed by atoms with van der Waals surface area (Å²) in [7, 11) is 0. The summed E-state index contributed by atoms with van der Waals surface area (Å²) in [5, 5.41) is 13.8. The van der Waals surface area contributed by atoms with Crippen LogP contribution in [0.25, 0.3) is 11.0 Å². The number of benzene rings is 3. The summed E-state index contributed by atoms with van der Waals surface area (Å²) in [6, 6.07) is 28.9. The molecule has 210 valence electrons. The summed E-state index contributed by atoms with van der Waals surface area (Å²) in [6.07, 6.45) is 6.16. The van der Waals surface area contributed by atoms with Crippen LogP contribution < -0.4 is 5.32 Å². The highest BCUT2D eigenvalue weighted by atomic mass is 35.5. The van der Waals surface area contributed by atoms with E-state index in [-0.39, 0.29) is 36.0 Å². The van der Waals surface area contributed by atoms with E-state index in [0.717, 1.165) is 74.2 Å². The molecule has 1 N–H and O–H groups in total. The van der Waals surface area contributed by atoms with Crippen LogP contribution in [0.1, 0.15) is 49.7 Å². The maximum Gasteiger partial charge on any atom is 0.204 e. The smallest absolute Gasteiger partial charge is 0.204 e. The van der Waals surface area contributed by atoms with Crippen LogP contribution in [0.3, 0.4) is 0 Å². The van der Waals surface area contributed by atoms with Crippen molar-refractivity contribution in [1.29, 1.82) is 5.26 Å². The average Bonchev–Trinajstić information content (AvgIpc) is 3.31. The molecule has 0 bridgehead atoms. The van der Waals surface area contributed by atoms with Gasteiger partial charge in [0.2, 0.25) is 5.95 Å². The molecule has 0 amide bonds. The molecule has 8 heteroatoms. The molecule has 5 nitrogen and oxygen atoms in total. The van der Waals surface area contributed by atoms with Gasteiger partial charge in [-0.15, -0.1) is 24.8 Å². The van der Waals surface area contributed by atoms with Crippen LogP contribution in [0, 0.1) is 17.1 Å². The number of hydrogen-bond donors (Lipinski definition) is 1. The van der Waals surface area contributed by atoms with Crippen LogP contribution in [0.5, 0.6) is 0 Å². The molecule has 1 saturated carbocycles. The van der Waals surface area contributed by atoms with Crippen molar-refractivity contribution < 1.29 is 4.39 Å². The number of hydrogen-bond acceptors (Lipinski definition) is 4. The normalized spacial score (nSPS) is 21.6. The van der Waals surface area contributed by atoms with E-state index < -0.39 is 0 Å². The Bertz CT molecular complexity index is 1420. The van der Waals surface area contributed by atoms with Gasteiger partial charge in [-0.1, -0.05) is 54.6 Å². The fourth-order valence-corrected chi connectivity index (χ4v) is 6.39.